The number of aliphatic hydroxyl groups is 1. The summed E-state index contributed by atoms with van der Waals surface area (Å²) in [5.74, 6) is -1.75. The van der Waals surface area contributed by atoms with Crippen LogP contribution in [0.4, 0.5) is 8.78 Å². The first-order valence-electron chi connectivity index (χ1n) is 16.0. The number of likely N-dealkylation sites (N-methyl/N-ethyl adjacent to an activating group) is 1. The summed E-state index contributed by atoms with van der Waals surface area (Å²) < 4.78 is 39.7. The van der Waals surface area contributed by atoms with Crippen molar-refractivity contribution in [2.45, 2.75) is 82.7 Å². The van der Waals surface area contributed by atoms with Crippen LogP contribution in [0.3, 0.4) is 0 Å². The fourth-order valence-corrected chi connectivity index (χ4v) is 5.96. The van der Waals surface area contributed by atoms with Gasteiger partial charge in [-0.15, -0.1) is 13.2 Å². The molecule has 3 rings (SSSR count). The second-order valence-corrected chi connectivity index (χ2v) is 12.0. The van der Waals surface area contributed by atoms with E-state index >= 15 is 0 Å². The molecule has 0 spiro atoms. The third-order valence-electron chi connectivity index (χ3n) is 8.54. The smallest absolute Gasteiger partial charge is 0.243 e. The van der Waals surface area contributed by atoms with Crippen LogP contribution in [-0.2, 0) is 20.7 Å². The van der Waals surface area contributed by atoms with E-state index in [2.05, 4.69) is 30.7 Å². The fourth-order valence-electron chi connectivity index (χ4n) is 5.96. The van der Waals surface area contributed by atoms with E-state index in [0.717, 1.165) is 30.0 Å². The lowest BCUT2D eigenvalue weighted by Crippen LogP contribution is -2.55. The molecule has 6 atom stereocenters. The number of rotatable bonds is 19. The van der Waals surface area contributed by atoms with Crippen LogP contribution >= 0.6 is 0 Å². The number of carbonyl (C=O) groups is 2. The third-order valence-corrected chi connectivity index (χ3v) is 8.54. The quantitative estimate of drug-likeness (QED) is 0.174. The highest BCUT2D eigenvalue weighted by Crippen LogP contribution is 2.42. The van der Waals surface area contributed by atoms with Crippen LogP contribution in [0.25, 0.3) is 0 Å². The number of hydrogen-bond acceptors (Lipinski definition) is 6. The molecule has 10 heteroatoms. The summed E-state index contributed by atoms with van der Waals surface area (Å²) in [5, 5.41) is 17.8. The van der Waals surface area contributed by atoms with Crippen LogP contribution in [0.5, 0.6) is 5.75 Å². The topological polar surface area (TPSA) is 100 Å². The number of carbonyl (C=O) groups excluding carboxylic acids is 2. The van der Waals surface area contributed by atoms with Crippen molar-refractivity contribution in [1.82, 2.24) is 15.5 Å². The highest BCUT2D eigenvalue weighted by atomic mass is 19.1. The Morgan fingerprint density at radius 3 is 2.48 bits per heavy atom. The molecule has 0 saturated heterocycles. The fraction of sp³-hybridized carbons (Fsp3) is 0.500. The van der Waals surface area contributed by atoms with Gasteiger partial charge in [-0.3, -0.25) is 9.59 Å². The zero-order valence-corrected chi connectivity index (χ0v) is 27.4. The van der Waals surface area contributed by atoms with E-state index in [4.69, 9.17) is 9.47 Å². The van der Waals surface area contributed by atoms with Gasteiger partial charge in [-0.25, -0.2) is 8.78 Å². The first kappa shape index (κ1) is 36.9. The SMILES string of the molecule is C=CCO[C@@H]1C[C@H](NC[C@H](O)[C@H](Cc2cc(F)cc(F)c2)NC(=O)[C@H](CC=C)N(C)C(=O)[C@@H](C)CCCC)c2cc(OC)ccc21. The Balaban J connectivity index is 1.82. The first-order valence-corrected chi connectivity index (χ1v) is 16.0. The predicted octanol–water partition coefficient (Wildman–Crippen LogP) is 5.57. The minimum atomic E-state index is -1.16. The number of benzene rings is 2. The molecule has 0 aromatic heterocycles. The van der Waals surface area contributed by atoms with Gasteiger partial charge in [0, 0.05) is 31.6 Å². The van der Waals surface area contributed by atoms with Crippen molar-refractivity contribution in [3.8, 4) is 5.75 Å². The zero-order valence-electron chi connectivity index (χ0n) is 27.4. The second kappa shape index (κ2) is 17.9. The Hall–Kier alpha value is -3.60. The Kier molecular flexibility index (Phi) is 14.4. The average molecular weight is 642 g/mol. The van der Waals surface area contributed by atoms with Crippen molar-refractivity contribution < 1.29 is 33.0 Å². The molecule has 2 amide bonds. The maximum Gasteiger partial charge on any atom is 0.243 e. The van der Waals surface area contributed by atoms with Crippen molar-refractivity contribution in [1.29, 1.82) is 0 Å². The summed E-state index contributed by atoms with van der Waals surface area (Å²) in [4.78, 5) is 28.3. The van der Waals surface area contributed by atoms with E-state index < -0.39 is 35.7 Å². The Morgan fingerprint density at radius 1 is 1.13 bits per heavy atom. The molecule has 1 aliphatic carbocycles. The molecule has 0 bridgehead atoms. The summed E-state index contributed by atoms with van der Waals surface area (Å²) in [6.07, 6.45) is 5.20. The average Bonchev–Trinajstić information content (AvgIpc) is 3.38. The highest BCUT2D eigenvalue weighted by molar-refractivity contribution is 5.88. The van der Waals surface area contributed by atoms with Gasteiger partial charge < -0.3 is 30.1 Å². The number of aliphatic hydroxyl groups excluding tert-OH is 1. The van der Waals surface area contributed by atoms with E-state index in [1.807, 2.05) is 25.1 Å². The van der Waals surface area contributed by atoms with Gasteiger partial charge in [0.1, 0.15) is 23.4 Å². The number of unbranched alkanes of at least 4 members (excludes halogenated alkanes) is 1. The van der Waals surface area contributed by atoms with Gasteiger partial charge in [0.2, 0.25) is 11.8 Å². The predicted molar refractivity (Wildman–Crippen MR) is 175 cm³/mol. The highest BCUT2D eigenvalue weighted by Gasteiger charge is 2.34. The third kappa shape index (κ3) is 9.95. The Morgan fingerprint density at radius 2 is 1.85 bits per heavy atom. The summed E-state index contributed by atoms with van der Waals surface area (Å²) >= 11 is 0. The largest absolute Gasteiger partial charge is 0.497 e. The van der Waals surface area contributed by atoms with Crippen LogP contribution in [-0.4, -0.2) is 67.3 Å². The number of amides is 2. The Labute approximate surface area is 271 Å². The van der Waals surface area contributed by atoms with Crippen molar-refractivity contribution in [3.63, 3.8) is 0 Å². The molecule has 1 aliphatic rings. The molecular formula is C36H49F2N3O5. The van der Waals surface area contributed by atoms with Gasteiger partial charge in [-0.1, -0.05) is 44.9 Å². The van der Waals surface area contributed by atoms with Gasteiger partial charge in [0.15, 0.2) is 0 Å². The molecule has 3 N–H and O–H groups in total. The molecule has 0 aliphatic heterocycles. The molecule has 0 saturated carbocycles. The zero-order chi connectivity index (χ0) is 33.8. The van der Waals surface area contributed by atoms with Crippen LogP contribution in [0.2, 0.25) is 0 Å². The van der Waals surface area contributed by atoms with Crippen LogP contribution < -0.4 is 15.4 Å². The van der Waals surface area contributed by atoms with E-state index in [-0.39, 0.29) is 48.9 Å². The molecule has 252 valence electrons. The summed E-state index contributed by atoms with van der Waals surface area (Å²) in [5.41, 5.74) is 2.24. The van der Waals surface area contributed by atoms with E-state index in [1.165, 1.54) is 17.0 Å². The molecule has 0 heterocycles. The van der Waals surface area contributed by atoms with Crippen LogP contribution in [0, 0.1) is 17.6 Å². The molecule has 46 heavy (non-hydrogen) atoms. The van der Waals surface area contributed by atoms with Gasteiger partial charge in [0.05, 0.1) is 32.0 Å². The lowest BCUT2D eigenvalue weighted by atomic mass is 9.98. The minimum Gasteiger partial charge on any atom is -0.497 e. The lowest BCUT2D eigenvalue weighted by molar-refractivity contribution is -0.142. The summed E-state index contributed by atoms with van der Waals surface area (Å²) in [6.45, 7) is 11.8. The van der Waals surface area contributed by atoms with Crippen molar-refractivity contribution >= 4 is 11.8 Å². The molecule has 8 nitrogen and oxygen atoms in total. The van der Waals surface area contributed by atoms with Crippen molar-refractivity contribution in [2.24, 2.45) is 5.92 Å². The molecule has 2 aromatic carbocycles. The number of nitrogens with zero attached hydrogens (tertiary/aromatic N) is 1. The maximum atomic E-state index is 14.1. The van der Waals surface area contributed by atoms with Gasteiger partial charge >= 0.3 is 0 Å². The first-order chi connectivity index (χ1) is 22.0. The molecule has 0 radical (unpaired) electrons. The monoisotopic (exact) mass is 641 g/mol. The van der Waals surface area contributed by atoms with E-state index in [0.29, 0.717) is 25.2 Å². The van der Waals surface area contributed by atoms with Gasteiger partial charge in [-0.05, 0) is 66.6 Å². The van der Waals surface area contributed by atoms with Gasteiger partial charge in [0.25, 0.3) is 0 Å². The number of methoxy groups -OCH3 is 1. The number of hydrogen-bond donors (Lipinski definition) is 3. The molecular weight excluding hydrogens is 592 g/mol. The van der Waals surface area contributed by atoms with Crippen LogP contribution in [0.1, 0.15) is 74.8 Å². The Bertz CT molecular complexity index is 1320. The summed E-state index contributed by atoms with van der Waals surface area (Å²) in [6, 6.07) is 6.88. The normalized spacial score (nSPS) is 18.2. The van der Waals surface area contributed by atoms with E-state index in [9.17, 15) is 23.5 Å². The number of nitrogens with one attached hydrogen (secondary N) is 2. The van der Waals surface area contributed by atoms with Crippen molar-refractivity contribution in [3.05, 3.63) is 90.0 Å². The number of halogens is 2. The number of fused-ring (bicyclic) bond motifs is 1. The van der Waals surface area contributed by atoms with E-state index in [1.54, 1.807) is 26.3 Å². The molecule has 2 aromatic rings. The summed E-state index contributed by atoms with van der Waals surface area (Å²) in [7, 11) is 3.18. The molecule has 0 unspecified atom stereocenters. The van der Waals surface area contributed by atoms with Crippen LogP contribution in [0.15, 0.2) is 61.7 Å². The van der Waals surface area contributed by atoms with Crippen molar-refractivity contribution in [2.75, 3.05) is 27.3 Å². The minimum absolute atomic E-state index is 0.0468. The van der Waals surface area contributed by atoms with Gasteiger partial charge in [-0.2, -0.15) is 0 Å². The lowest BCUT2D eigenvalue weighted by Gasteiger charge is -2.32. The second-order valence-electron chi connectivity index (χ2n) is 12.0. The molecule has 0 fully saturated rings. The number of ether oxygens (including phenoxy) is 2. The standard InChI is InChI=1S/C36H49F2N3O5/c1-7-10-12-23(4)36(44)41(5)32(11-8-2)35(43)40-31(18-24-16-25(37)19-26(38)17-24)33(42)22-39-30-21-34(46-15-9-3)28-14-13-27(45-6)20-29(28)30/h8-9,13-14,16-17,19-20,23,30-34,39,42H,2-3,7,10-12,15,18,21-22H2,1,4-6H3,(H,40,43)/t23-,30-,31-,32-,33-,34+/m0/s1. The maximum absolute atomic E-state index is 14.1.